The molecule has 0 aliphatic rings. The number of carboxylic acids is 1. The molecule has 0 saturated carbocycles. The number of rotatable bonds is 5. The molecular weight excluding hydrogens is 288 g/mol. The number of aryl methyl sites for hydroxylation is 1. The molecule has 0 aliphatic carbocycles. The molecule has 0 bridgehead atoms. The van der Waals surface area contributed by atoms with E-state index in [1.807, 2.05) is 0 Å². The second-order valence-electron chi connectivity index (χ2n) is 4.04. The van der Waals surface area contributed by atoms with Crippen molar-refractivity contribution in [2.24, 2.45) is 0 Å². The maximum atomic E-state index is 12.2. The van der Waals surface area contributed by atoms with Crippen molar-refractivity contribution in [1.29, 1.82) is 0 Å². The van der Waals surface area contributed by atoms with Crippen LogP contribution in [0.3, 0.4) is 0 Å². The van der Waals surface area contributed by atoms with E-state index >= 15 is 0 Å². The number of anilines is 1. The van der Waals surface area contributed by atoms with E-state index in [2.05, 4.69) is 19.5 Å². The van der Waals surface area contributed by atoms with Crippen LogP contribution in [0, 0.1) is 13.8 Å². The summed E-state index contributed by atoms with van der Waals surface area (Å²) in [5.74, 6) is -1.07. The average molecular weight is 300 g/mol. The number of aromatic nitrogens is 3. The summed E-state index contributed by atoms with van der Waals surface area (Å²) < 4.78 is 32.4. The zero-order valence-electron chi connectivity index (χ0n) is 10.7. The lowest BCUT2D eigenvalue weighted by Crippen LogP contribution is -2.16. The van der Waals surface area contributed by atoms with Gasteiger partial charge in [-0.15, -0.1) is 0 Å². The zero-order chi connectivity index (χ0) is 14.9. The second kappa shape index (κ2) is 4.96. The molecule has 108 valence electrons. The molecule has 0 fully saturated rings. The van der Waals surface area contributed by atoms with Crippen molar-refractivity contribution in [3.63, 3.8) is 0 Å². The molecule has 2 rings (SSSR count). The molecule has 10 heteroatoms. The van der Waals surface area contributed by atoms with Crippen LogP contribution in [0.2, 0.25) is 0 Å². The van der Waals surface area contributed by atoms with Crippen LogP contribution in [0.4, 0.5) is 5.82 Å². The van der Waals surface area contributed by atoms with E-state index in [0.717, 1.165) is 4.68 Å². The van der Waals surface area contributed by atoms with Crippen molar-refractivity contribution in [3.05, 3.63) is 23.7 Å². The fraction of sp³-hybridized carbons (Fsp3) is 0.300. The SMILES string of the molecule is Cc1nn(CC(=O)O)c(C)c1S(=O)(=O)Nc1ccon1. The van der Waals surface area contributed by atoms with Crippen molar-refractivity contribution in [2.45, 2.75) is 25.3 Å². The van der Waals surface area contributed by atoms with Gasteiger partial charge in [0.25, 0.3) is 10.0 Å². The Morgan fingerprint density at radius 2 is 2.20 bits per heavy atom. The predicted octanol–water partition coefficient (Wildman–Crippen LogP) is 0.373. The lowest BCUT2D eigenvalue weighted by molar-refractivity contribution is -0.137. The maximum absolute atomic E-state index is 12.2. The smallest absolute Gasteiger partial charge is 0.325 e. The minimum atomic E-state index is -3.91. The van der Waals surface area contributed by atoms with E-state index in [4.69, 9.17) is 5.11 Å². The molecule has 2 aromatic heterocycles. The topological polar surface area (TPSA) is 127 Å². The Hall–Kier alpha value is -2.36. The van der Waals surface area contributed by atoms with Gasteiger partial charge in [0.2, 0.25) is 0 Å². The highest BCUT2D eigenvalue weighted by atomic mass is 32.2. The van der Waals surface area contributed by atoms with Gasteiger partial charge in [0, 0.05) is 6.07 Å². The largest absolute Gasteiger partial charge is 0.480 e. The van der Waals surface area contributed by atoms with Gasteiger partial charge in [-0.1, -0.05) is 5.16 Å². The number of carboxylic acid groups (broad SMARTS) is 1. The molecule has 0 spiro atoms. The summed E-state index contributed by atoms with van der Waals surface area (Å²) in [5.41, 5.74) is 0.445. The number of aliphatic carboxylic acids is 1. The van der Waals surface area contributed by atoms with Crippen molar-refractivity contribution in [2.75, 3.05) is 4.72 Å². The Morgan fingerprint density at radius 1 is 1.50 bits per heavy atom. The lowest BCUT2D eigenvalue weighted by Gasteiger charge is -2.05. The Kier molecular flexibility index (Phi) is 3.49. The molecular formula is C10H12N4O5S. The van der Waals surface area contributed by atoms with Crippen LogP contribution in [0.25, 0.3) is 0 Å². The van der Waals surface area contributed by atoms with Crippen LogP contribution < -0.4 is 4.72 Å². The first kappa shape index (κ1) is 14.1. The highest BCUT2D eigenvalue weighted by molar-refractivity contribution is 7.92. The molecule has 0 radical (unpaired) electrons. The normalized spacial score (nSPS) is 11.5. The third kappa shape index (κ3) is 2.64. The molecule has 20 heavy (non-hydrogen) atoms. The van der Waals surface area contributed by atoms with Crippen molar-refractivity contribution in [1.82, 2.24) is 14.9 Å². The molecule has 2 N–H and O–H groups in total. The number of hydrogen-bond donors (Lipinski definition) is 2. The van der Waals surface area contributed by atoms with Crippen LogP contribution in [0.5, 0.6) is 0 Å². The summed E-state index contributed by atoms with van der Waals surface area (Å²) in [5, 5.41) is 16.1. The fourth-order valence-electron chi connectivity index (χ4n) is 1.81. The van der Waals surface area contributed by atoms with Gasteiger partial charge in [0.15, 0.2) is 5.82 Å². The number of carbonyl (C=O) groups is 1. The first-order valence-electron chi connectivity index (χ1n) is 5.50. The average Bonchev–Trinajstić information content (AvgIpc) is 2.87. The van der Waals surface area contributed by atoms with E-state index in [-0.39, 0.29) is 22.1 Å². The zero-order valence-corrected chi connectivity index (χ0v) is 11.5. The van der Waals surface area contributed by atoms with Crippen molar-refractivity contribution >= 4 is 21.8 Å². The molecule has 0 aromatic carbocycles. The van der Waals surface area contributed by atoms with Gasteiger partial charge in [0.1, 0.15) is 17.7 Å². The fourth-order valence-corrected chi connectivity index (χ4v) is 3.21. The molecule has 9 nitrogen and oxygen atoms in total. The summed E-state index contributed by atoms with van der Waals surface area (Å²) in [6.45, 7) is 2.56. The van der Waals surface area contributed by atoms with E-state index < -0.39 is 22.5 Å². The van der Waals surface area contributed by atoms with E-state index in [0.29, 0.717) is 0 Å². The second-order valence-corrected chi connectivity index (χ2v) is 5.66. The molecule has 2 aromatic rings. The third-order valence-corrected chi connectivity index (χ3v) is 4.15. The summed E-state index contributed by atoms with van der Waals surface area (Å²) in [6.07, 6.45) is 1.23. The summed E-state index contributed by atoms with van der Waals surface area (Å²) in [7, 11) is -3.91. The first-order valence-corrected chi connectivity index (χ1v) is 6.98. The summed E-state index contributed by atoms with van der Waals surface area (Å²) in [6, 6.07) is 1.35. The molecule has 0 atom stereocenters. The van der Waals surface area contributed by atoms with E-state index in [9.17, 15) is 13.2 Å². The number of nitrogens with one attached hydrogen (secondary N) is 1. The highest BCUT2D eigenvalue weighted by Crippen LogP contribution is 2.21. The Morgan fingerprint density at radius 3 is 2.75 bits per heavy atom. The molecule has 0 aliphatic heterocycles. The van der Waals surface area contributed by atoms with Crippen LogP contribution in [-0.4, -0.2) is 34.4 Å². The van der Waals surface area contributed by atoms with Gasteiger partial charge in [-0.25, -0.2) is 8.42 Å². The Bertz CT molecular complexity index is 732. The minimum absolute atomic E-state index is 0.0368. The highest BCUT2D eigenvalue weighted by Gasteiger charge is 2.26. The van der Waals surface area contributed by atoms with Crippen molar-refractivity contribution in [3.8, 4) is 0 Å². The molecule has 0 saturated heterocycles. The Labute approximate surface area is 114 Å². The Balaban J connectivity index is 2.41. The molecule has 2 heterocycles. The number of nitrogens with zero attached hydrogens (tertiary/aromatic N) is 3. The van der Waals surface area contributed by atoms with Crippen LogP contribution in [-0.2, 0) is 21.4 Å². The van der Waals surface area contributed by atoms with Gasteiger partial charge in [-0.2, -0.15) is 5.10 Å². The first-order chi connectivity index (χ1) is 9.31. The van der Waals surface area contributed by atoms with Crippen LogP contribution in [0.1, 0.15) is 11.4 Å². The quantitative estimate of drug-likeness (QED) is 0.816. The van der Waals surface area contributed by atoms with E-state index in [1.165, 1.54) is 26.2 Å². The summed E-state index contributed by atoms with van der Waals surface area (Å²) in [4.78, 5) is 10.6. The standard InChI is InChI=1S/C10H12N4O5S/c1-6-10(7(2)14(11-6)5-9(15)16)20(17,18)13-8-3-4-19-12-8/h3-4H,5H2,1-2H3,(H,12,13)(H,15,16). The molecule has 0 unspecified atom stereocenters. The molecule has 0 amide bonds. The van der Waals surface area contributed by atoms with Crippen molar-refractivity contribution < 1.29 is 22.8 Å². The predicted molar refractivity (Wildman–Crippen MR) is 66.6 cm³/mol. The van der Waals surface area contributed by atoms with Gasteiger partial charge >= 0.3 is 5.97 Å². The number of sulfonamides is 1. The third-order valence-electron chi connectivity index (χ3n) is 2.55. The lowest BCUT2D eigenvalue weighted by atomic mass is 10.4. The van der Waals surface area contributed by atoms with Gasteiger partial charge in [-0.05, 0) is 13.8 Å². The maximum Gasteiger partial charge on any atom is 0.325 e. The minimum Gasteiger partial charge on any atom is -0.480 e. The number of hydrogen-bond acceptors (Lipinski definition) is 6. The summed E-state index contributed by atoms with van der Waals surface area (Å²) >= 11 is 0. The van der Waals surface area contributed by atoms with Crippen LogP contribution in [0.15, 0.2) is 21.7 Å². The van der Waals surface area contributed by atoms with Gasteiger partial charge < -0.3 is 9.63 Å². The van der Waals surface area contributed by atoms with Crippen LogP contribution >= 0.6 is 0 Å². The van der Waals surface area contributed by atoms with Gasteiger partial charge in [0.05, 0.1) is 11.4 Å². The monoisotopic (exact) mass is 300 g/mol. The van der Waals surface area contributed by atoms with E-state index in [1.54, 1.807) is 0 Å². The van der Waals surface area contributed by atoms with Gasteiger partial charge in [-0.3, -0.25) is 14.2 Å².